The van der Waals surface area contributed by atoms with E-state index in [1.165, 1.54) is 12.3 Å². The zero-order chi connectivity index (χ0) is 8.43. The zero-order valence-corrected chi connectivity index (χ0v) is 6.07. The Hall–Kier alpha value is -1.36. The molecule has 0 amide bonds. The van der Waals surface area contributed by atoms with E-state index in [2.05, 4.69) is 4.98 Å². The smallest absolute Gasteiger partial charge is 0.287 e. The Morgan fingerprint density at radius 1 is 1.82 bits per heavy atom. The molecule has 0 aliphatic heterocycles. The highest BCUT2D eigenvalue weighted by atomic mass is 16.6. The van der Waals surface area contributed by atoms with Crippen LogP contribution in [0.4, 0.5) is 5.69 Å². The highest BCUT2D eigenvalue weighted by Crippen LogP contribution is 2.15. The molecule has 1 aromatic heterocycles. The first-order valence-corrected chi connectivity index (χ1v) is 3.19. The molecule has 0 fully saturated rings. The first-order valence-electron chi connectivity index (χ1n) is 3.19. The summed E-state index contributed by atoms with van der Waals surface area (Å²) in [5, 5.41) is 10.2. The van der Waals surface area contributed by atoms with Crippen LogP contribution < -0.4 is 5.73 Å². The molecule has 0 aliphatic carbocycles. The van der Waals surface area contributed by atoms with Gasteiger partial charge in [0.05, 0.1) is 11.1 Å². The van der Waals surface area contributed by atoms with Crippen LogP contribution >= 0.6 is 0 Å². The molecule has 0 saturated heterocycles. The molecule has 5 heteroatoms. The number of H-pyrrole nitrogens is 1. The van der Waals surface area contributed by atoms with E-state index in [1.807, 2.05) is 0 Å². The molecule has 0 aromatic carbocycles. The fourth-order valence-electron chi connectivity index (χ4n) is 0.768. The first kappa shape index (κ1) is 7.74. The standard InChI is InChI=1S/C6H9N3O2/c1-4(7)6-2-5(3-8-6)9(10)11/h2-4,8H,7H2,1H3. The average Bonchev–Trinajstić information content (AvgIpc) is 2.33. The lowest BCUT2D eigenvalue weighted by Crippen LogP contribution is -2.04. The van der Waals surface area contributed by atoms with Crippen molar-refractivity contribution in [2.75, 3.05) is 0 Å². The van der Waals surface area contributed by atoms with E-state index in [4.69, 9.17) is 5.73 Å². The Labute approximate surface area is 63.4 Å². The number of rotatable bonds is 2. The van der Waals surface area contributed by atoms with Crippen LogP contribution in [0.25, 0.3) is 0 Å². The van der Waals surface area contributed by atoms with E-state index in [9.17, 15) is 10.1 Å². The molecule has 1 atom stereocenters. The van der Waals surface area contributed by atoms with Gasteiger partial charge in [0.25, 0.3) is 5.69 Å². The van der Waals surface area contributed by atoms with Crippen LogP contribution in [0.15, 0.2) is 12.3 Å². The van der Waals surface area contributed by atoms with Gasteiger partial charge in [-0.2, -0.15) is 0 Å². The van der Waals surface area contributed by atoms with Crippen LogP contribution in [-0.2, 0) is 0 Å². The molecule has 60 valence electrons. The predicted octanol–water partition coefficient (Wildman–Crippen LogP) is 0.943. The lowest BCUT2D eigenvalue weighted by atomic mass is 10.2. The molecule has 0 saturated carbocycles. The van der Waals surface area contributed by atoms with E-state index in [0.717, 1.165) is 0 Å². The van der Waals surface area contributed by atoms with Crippen LogP contribution in [-0.4, -0.2) is 9.91 Å². The molecule has 0 spiro atoms. The molecular weight excluding hydrogens is 146 g/mol. The molecule has 1 unspecified atom stereocenters. The minimum absolute atomic E-state index is 0.0531. The molecule has 3 N–H and O–H groups in total. The summed E-state index contributed by atoms with van der Waals surface area (Å²) in [6.07, 6.45) is 1.33. The van der Waals surface area contributed by atoms with Crippen molar-refractivity contribution < 1.29 is 4.92 Å². The maximum Gasteiger partial charge on any atom is 0.287 e. The third kappa shape index (κ3) is 1.56. The van der Waals surface area contributed by atoms with E-state index < -0.39 is 4.92 Å². The fourth-order valence-corrected chi connectivity index (χ4v) is 0.768. The van der Waals surface area contributed by atoms with Gasteiger partial charge >= 0.3 is 0 Å². The lowest BCUT2D eigenvalue weighted by Gasteiger charge is -1.97. The summed E-state index contributed by atoms with van der Waals surface area (Å²) in [6, 6.07) is 1.24. The number of nitro groups is 1. The van der Waals surface area contributed by atoms with Gasteiger partial charge in [-0.1, -0.05) is 0 Å². The number of hydrogen-bond donors (Lipinski definition) is 2. The van der Waals surface area contributed by atoms with Crippen LogP contribution in [0, 0.1) is 10.1 Å². The van der Waals surface area contributed by atoms with Crippen LogP contribution in [0.3, 0.4) is 0 Å². The second-order valence-corrected chi connectivity index (χ2v) is 2.36. The molecule has 11 heavy (non-hydrogen) atoms. The van der Waals surface area contributed by atoms with Gasteiger partial charge in [0.2, 0.25) is 0 Å². The van der Waals surface area contributed by atoms with Gasteiger partial charge in [0.1, 0.15) is 0 Å². The van der Waals surface area contributed by atoms with Crippen molar-refractivity contribution in [1.82, 2.24) is 4.98 Å². The Morgan fingerprint density at radius 2 is 2.45 bits per heavy atom. The van der Waals surface area contributed by atoms with Crippen LogP contribution in [0.2, 0.25) is 0 Å². The third-order valence-corrected chi connectivity index (χ3v) is 1.39. The Kier molecular flexibility index (Phi) is 1.91. The maximum atomic E-state index is 10.2. The molecule has 1 heterocycles. The highest BCUT2D eigenvalue weighted by molar-refractivity contribution is 5.30. The van der Waals surface area contributed by atoms with Gasteiger partial charge < -0.3 is 10.7 Å². The number of aromatic nitrogens is 1. The van der Waals surface area contributed by atoms with E-state index in [-0.39, 0.29) is 11.7 Å². The van der Waals surface area contributed by atoms with E-state index in [1.54, 1.807) is 6.92 Å². The van der Waals surface area contributed by atoms with Crippen molar-refractivity contribution in [2.24, 2.45) is 5.73 Å². The number of aromatic amines is 1. The largest absolute Gasteiger partial charge is 0.358 e. The summed E-state index contributed by atoms with van der Waals surface area (Å²) in [5.41, 5.74) is 6.20. The Balaban J connectivity index is 2.90. The minimum atomic E-state index is -0.456. The molecular formula is C6H9N3O2. The number of hydrogen-bond acceptors (Lipinski definition) is 3. The van der Waals surface area contributed by atoms with Crippen LogP contribution in [0.1, 0.15) is 18.7 Å². The first-order chi connectivity index (χ1) is 5.11. The van der Waals surface area contributed by atoms with Gasteiger partial charge in [0, 0.05) is 17.8 Å². The molecule has 0 aliphatic rings. The number of nitrogens with two attached hydrogens (primary N) is 1. The maximum absolute atomic E-state index is 10.2. The minimum Gasteiger partial charge on any atom is -0.358 e. The highest BCUT2D eigenvalue weighted by Gasteiger charge is 2.10. The van der Waals surface area contributed by atoms with Crippen molar-refractivity contribution in [2.45, 2.75) is 13.0 Å². The van der Waals surface area contributed by atoms with E-state index in [0.29, 0.717) is 5.69 Å². The summed E-state index contributed by atoms with van der Waals surface area (Å²) in [7, 11) is 0. The van der Waals surface area contributed by atoms with Gasteiger partial charge in [-0.25, -0.2) is 0 Å². The summed E-state index contributed by atoms with van der Waals surface area (Å²) >= 11 is 0. The predicted molar refractivity (Wildman–Crippen MR) is 40.0 cm³/mol. The van der Waals surface area contributed by atoms with Crippen LogP contribution in [0.5, 0.6) is 0 Å². The second-order valence-electron chi connectivity index (χ2n) is 2.36. The molecule has 1 rings (SSSR count). The van der Waals surface area contributed by atoms with Crippen molar-refractivity contribution in [1.29, 1.82) is 0 Å². The summed E-state index contributed by atoms with van der Waals surface area (Å²) in [5.74, 6) is 0. The van der Waals surface area contributed by atoms with Gasteiger partial charge in [-0.15, -0.1) is 0 Å². The molecule has 1 aromatic rings. The monoisotopic (exact) mass is 155 g/mol. The number of nitrogens with zero attached hydrogens (tertiary/aromatic N) is 1. The van der Waals surface area contributed by atoms with Crippen molar-refractivity contribution in [3.63, 3.8) is 0 Å². The SMILES string of the molecule is CC(N)c1cc([N+](=O)[O-])c[nH]1. The van der Waals surface area contributed by atoms with Gasteiger partial charge in [-0.3, -0.25) is 10.1 Å². The number of nitrogens with one attached hydrogen (secondary N) is 1. The quantitative estimate of drug-likeness (QED) is 0.492. The summed E-state index contributed by atoms with van der Waals surface area (Å²) in [6.45, 7) is 1.76. The average molecular weight is 155 g/mol. The molecule has 0 bridgehead atoms. The molecule has 0 radical (unpaired) electrons. The normalized spacial score (nSPS) is 12.9. The zero-order valence-electron chi connectivity index (χ0n) is 6.07. The van der Waals surface area contributed by atoms with Gasteiger partial charge in [0.15, 0.2) is 0 Å². The molecule has 5 nitrogen and oxygen atoms in total. The van der Waals surface area contributed by atoms with Crippen molar-refractivity contribution >= 4 is 5.69 Å². The van der Waals surface area contributed by atoms with Crippen molar-refractivity contribution in [3.05, 3.63) is 28.1 Å². The topological polar surface area (TPSA) is 84.9 Å². The summed E-state index contributed by atoms with van der Waals surface area (Å²) in [4.78, 5) is 12.4. The van der Waals surface area contributed by atoms with Crippen molar-refractivity contribution in [3.8, 4) is 0 Å². The van der Waals surface area contributed by atoms with Gasteiger partial charge in [-0.05, 0) is 6.92 Å². The van der Waals surface area contributed by atoms with E-state index >= 15 is 0 Å². The Bertz CT molecular complexity index is 267. The third-order valence-electron chi connectivity index (χ3n) is 1.39. The fraction of sp³-hybridized carbons (Fsp3) is 0.333. The Morgan fingerprint density at radius 3 is 2.73 bits per heavy atom. The second kappa shape index (κ2) is 2.71. The summed E-state index contributed by atoms with van der Waals surface area (Å²) < 4.78 is 0. The lowest BCUT2D eigenvalue weighted by molar-refractivity contribution is -0.384.